The van der Waals surface area contributed by atoms with Crippen LogP contribution in [0.4, 0.5) is 11.4 Å². The lowest BCUT2D eigenvalue weighted by atomic mass is 10.2. The van der Waals surface area contributed by atoms with Gasteiger partial charge in [0, 0.05) is 44.0 Å². The minimum absolute atomic E-state index is 0.0296. The number of nitro benzene ring substituents is 1. The molecule has 1 fully saturated rings. The Labute approximate surface area is 123 Å². The molecule has 0 N–H and O–H groups in total. The van der Waals surface area contributed by atoms with Crippen LogP contribution in [0.1, 0.15) is 6.92 Å². The summed E-state index contributed by atoms with van der Waals surface area (Å²) in [6.07, 6.45) is 0. The average Bonchev–Trinajstić information content (AvgIpc) is 2.53. The second kappa shape index (κ2) is 6.41. The number of piperazine rings is 1. The molecule has 0 saturated carbocycles. The quantitative estimate of drug-likeness (QED) is 0.619. The molecule has 1 aromatic carbocycles. The van der Waals surface area contributed by atoms with Gasteiger partial charge in [-0.2, -0.15) is 5.26 Å². The summed E-state index contributed by atoms with van der Waals surface area (Å²) in [6.45, 7) is 5.06. The fraction of sp³-hybridized carbons (Fsp3) is 0.500. The minimum Gasteiger partial charge on any atom is -0.490 e. The molecule has 1 heterocycles. The van der Waals surface area contributed by atoms with Gasteiger partial charge in [0.1, 0.15) is 0 Å². The molecular formula is C14H18N4O3. The van der Waals surface area contributed by atoms with Gasteiger partial charge in [-0.3, -0.25) is 15.0 Å². The third-order valence-electron chi connectivity index (χ3n) is 3.77. The summed E-state index contributed by atoms with van der Waals surface area (Å²) < 4.78 is 5.09. The molecule has 21 heavy (non-hydrogen) atoms. The molecular weight excluding hydrogens is 272 g/mol. The first kappa shape index (κ1) is 15.1. The number of rotatable bonds is 4. The topological polar surface area (TPSA) is 82.6 Å². The molecule has 1 aromatic rings. The summed E-state index contributed by atoms with van der Waals surface area (Å²) in [7, 11) is 1.43. The molecule has 1 aliphatic heterocycles. The molecule has 1 unspecified atom stereocenters. The van der Waals surface area contributed by atoms with E-state index in [1.807, 2.05) is 6.92 Å². The molecule has 7 heteroatoms. The Morgan fingerprint density at radius 1 is 1.38 bits per heavy atom. The Morgan fingerprint density at radius 3 is 2.57 bits per heavy atom. The number of hydrogen-bond acceptors (Lipinski definition) is 6. The maximum Gasteiger partial charge on any atom is 0.311 e. The first-order valence-electron chi connectivity index (χ1n) is 6.78. The highest BCUT2D eigenvalue weighted by atomic mass is 16.6. The van der Waals surface area contributed by atoms with Gasteiger partial charge in [0.05, 0.1) is 24.1 Å². The van der Waals surface area contributed by atoms with Crippen molar-refractivity contribution in [2.75, 3.05) is 38.2 Å². The lowest BCUT2D eigenvalue weighted by Gasteiger charge is -2.37. The normalized spacial score (nSPS) is 17.1. The standard InChI is InChI=1S/C14H18N4O3/c1-11(10-15)16-5-7-17(8-6-16)12-3-4-13(18(19)20)14(9-12)21-2/h3-4,9,11H,5-8H2,1-2H3. The minimum atomic E-state index is -0.449. The van der Waals surface area contributed by atoms with Gasteiger partial charge in [0.2, 0.25) is 0 Å². The number of ether oxygens (including phenoxy) is 1. The molecule has 0 bridgehead atoms. The van der Waals surface area contributed by atoms with Crippen LogP contribution in [0.5, 0.6) is 5.75 Å². The highest BCUT2D eigenvalue weighted by Gasteiger charge is 2.23. The summed E-state index contributed by atoms with van der Waals surface area (Å²) in [5, 5.41) is 19.8. The Hall–Kier alpha value is -2.33. The second-order valence-electron chi connectivity index (χ2n) is 4.94. The highest BCUT2D eigenvalue weighted by molar-refractivity contribution is 5.59. The molecule has 1 aliphatic rings. The highest BCUT2D eigenvalue weighted by Crippen LogP contribution is 2.31. The Kier molecular flexibility index (Phi) is 4.60. The number of nitro groups is 1. The van der Waals surface area contributed by atoms with Crippen molar-refractivity contribution >= 4 is 11.4 Å². The van der Waals surface area contributed by atoms with E-state index in [0.717, 1.165) is 31.9 Å². The van der Waals surface area contributed by atoms with Crippen LogP contribution >= 0.6 is 0 Å². The van der Waals surface area contributed by atoms with Crippen LogP contribution in [0.3, 0.4) is 0 Å². The number of benzene rings is 1. The fourth-order valence-electron chi connectivity index (χ4n) is 2.46. The van der Waals surface area contributed by atoms with Gasteiger partial charge in [-0.05, 0) is 13.0 Å². The van der Waals surface area contributed by atoms with Crippen LogP contribution in [0.25, 0.3) is 0 Å². The first-order valence-corrected chi connectivity index (χ1v) is 6.78. The number of nitrogens with zero attached hydrogens (tertiary/aromatic N) is 4. The van der Waals surface area contributed by atoms with E-state index >= 15 is 0 Å². The summed E-state index contributed by atoms with van der Waals surface area (Å²) in [5.74, 6) is 0.269. The zero-order chi connectivity index (χ0) is 15.4. The smallest absolute Gasteiger partial charge is 0.311 e. The van der Waals surface area contributed by atoms with Crippen molar-refractivity contribution in [3.8, 4) is 11.8 Å². The van der Waals surface area contributed by atoms with Gasteiger partial charge < -0.3 is 9.64 Å². The summed E-state index contributed by atoms with van der Waals surface area (Å²) in [4.78, 5) is 14.7. The van der Waals surface area contributed by atoms with Crippen molar-refractivity contribution in [1.82, 2.24) is 4.90 Å². The Balaban J connectivity index is 2.11. The zero-order valence-corrected chi connectivity index (χ0v) is 12.2. The summed E-state index contributed by atoms with van der Waals surface area (Å²) in [5.41, 5.74) is 0.875. The first-order chi connectivity index (χ1) is 10.1. The number of nitriles is 1. The summed E-state index contributed by atoms with van der Waals surface area (Å²) in [6, 6.07) is 7.06. The lowest BCUT2D eigenvalue weighted by Crippen LogP contribution is -2.49. The Bertz CT molecular complexity index is 562. The van der Waals surface area contributed by atoms with Gasteiger partial charge in [-0.1, -0.05) is 0 Å². The van der Waals surface area contributed by atoms with E-state index in [1.54, 1.807) is 12.1 Å². The van der Waals surface area contributed by atoms with E-state index in [2.05, 4.69) is 15.9 Å². The third-order valence-corrected chi connectivity index (χ3v) is 3.77. The predicted octanol–water partition coefficient (Wildman–Crippen LogP) is 1.64. The number of hydrogen-bond donors (Lipinski definition) is 0. The van der Waals surface area contributed by atoms with Gasteiger partial charge in [-0.25, -0.2) is 0 Å². The van der Waals surface area contributed by atoms with E-state index in [1.165, 1.54) is 13.2 Å². The molecule has 7 nitrogen and oxygen atoms in total. The van der Waals surface area contributed by atoms with Crippen molar-refractivity contribution in [3.63, 3.8) is 0 Å². The molecule has 0 radical (unpaired) electrons. The zero-order valence-electron chi connectivity index (χ0n) is 12.2. The average molecular weight is 290 g/mol. The Morgan fingerprint density at radius 2 is 2.05 bits per heavy atom. The van der Waals surface area contributed by atoms with E-state index in [0.29, 0.717) is 0 Å². The van der Waals surface area contributed by atoms with Crippen LogP contribution in [0.2, 0.25) is 0 Å². The molecule has 1 atom stereocenters. The SMILES string of the molecule is COc1cc(N2CCN(C(C)C#N)CC2)ccc1[N+](=O)[O-]. The molecule has 2 rings (SSSR count). The van der Waals surface area contributed by atoms with Crippen LogP contribution in [-0.2, 0) is 0 Å². The van der Waals surface area contributed by atoms with Crippen molar-refractivity contribution in [2.45, 2.75) is 13.0 Å². The number of methoxy groups -OCH3 is 1. The maximum absolute atomic E-state index is 10.9. The van der Waals surface area contributed by atoms with Gasteiger partial charge >= 0.3 is 5.69 Å². The molecule has 0 aliphatic carbocycles. The second-order valence-corrected chi connectivity index (χ2v) is 4.94. The van der Waals surface area contributed by atoms with Gasteiger partial charge in [0.25, 0.3) is 0 Å². The molecule has 1 saturated heterocycles. The molecule has 0 spiro atoms. The van der Waals surface area contributed by atoms with Crippen LogP contribution in [0, 0.1) is 21.4 Å². The van der Waals surface area contributed by atoms with E-state index in [-0.39, 0.29) is 17.5 Å². The van der Waals surface area contributed by atoms with Crippen molar-refractivity contribution in [3.05, 3.63) is 28.3 Å². The predicted molar refractivity (Wildman–Crippen MR) is 78.5 cm³/mol. The molecule has 112 valence electrons. The fourth-order valence-corrected chi connectivity index (χ4v) is 2.46. The lowest BCUT2D eigenvalue weighted by molar-refractivity contribution is -0.385. The van der Waals surface area contributed by atoms with E-state index in [4.69, 9.17) is 10.00 Å². The van der Waals surface area contributed by atoms with Gasteiger partial charge in [0.15, 0.2) is 5.75 Å². The van der Waals surface area contributed by atoms with Crippen molar-refractivity contribution in [2.24, 2.45) is 0 Å². The molecule has 0 aromatic heterocycles. The van der Waals surface area contributed by atoms with Gasteiger partial charge in [-0.15, -0.1) is 0 Å². The van der Waals surface area contributed by atoms with E-state index < -0.39 is 4.92 Å². The third kappa shape index (κ3) is 3.23. The number of anilines is 1. The maximum atomic E-state index is 10.9. The van der Waals surface area contributed by atoms with E-state index in [9.17, 15) is 10.1 Å². The van der Waals surface area contributed by atoms with Crippen LogP contribution in [0.15, 0.2) is 18.2 Å². The van der Waals surface area contributed by atoms with Crippen molar-refractivity contribution < 1.29 is 9.66 Å². The van der Waals surface area contributed by atoms with Crippen LogP contribution < -0.4 is 9.64 Å². The van der Waals surface area contributed by atoms with Crippen LogP contribution in [-0.4, -0.2) is 49.2 Å². The summed E-state index contributed by atoms with van der Waals surface area (Å²) >= 11 is 0. The molecule has 0 amide bonds. The monoisotopic (exact) mass is 290 g/mol. The largest absolute Gasteiger partial charge is 0.490 e. The van der Waals surface area contributed by atoms with Crippen molar-refractivity contribution in [1.29, 1.82) is 5.26 Å².